The molecule has 4 nitrogen and oxygen atoms in total. The van der Waals surface area contributed by atoms with Crippen LogP contribution in [-0.2, 0) is 0 Å². The summed E-state index contributed by atoms with van der Waals surface area (Å²) in [5.74, 6) is 1.81. The first-order valence-electron chi connectivity index (χ1n) is 10.8. The summed E-state index contributed by atoms with van der Waals surface area (Å²) in [5.41, 5.74) is 4.48. The van der Waals surface area contributed by atoms with Crippen LogP contribution < -0.4 is 9.47 Å². The molecule has 0 aliphatic carbocycles. The third-order valence-electron chi connectivity index (χ3n) is 5.79. The van der Waals surface area contributed by atoms with E-state index in [2.05, 4.69) is 70.3 Å². The zero-order chi connectivity index (χ0) is 21.2. The van der Waals surface area contributed by atoms with E-state index in [0.717, 1.165) is 58.7 Å². The summed E-state index contributed by atoms with van der Waals surface area (Å²) in [5, 5.41) is 7.14. The second kappa shape index (κ2) is 8.75. The molecule has 0 saturated heterocycles. The van der Waals surface area contributed by atoms with Gasteiger partial charge in [0.25, 0.3) is 0 Å². The van der Waals surface area contributed by atoms with Crippen LogP contribution in [0.3, 0.4) is 0 Å². The standard InChI is InChI=1S/C26H25BrN2O2/c1-2-3-15-30-21-12-9-19(10-13-21)26-29-24(22-16-20(27)11-14-25(22)31-26)17-23(28-29)18-7-5-4-6-8-18/h4-14,16,24,26H,2-3,15,17H2,1H3/t24-,26-/m1/s1. The molecule has 0 spiro atoms. The molecule has 2 aliphatic heterocycles. The van der Waals surface area contributed by atoms with E-state index in [1.807, 2.05) is 30.3 Å². The van der Waals surface area contributed by atoms with Gasteiger partial charge < -0.3 is 9.47 Å². The van der Waals surface area contributed by atoms with Gasteiger partial charge in [-0.15, -0.1) is 0 Å². The lowest BCUT2D eigenvalue weighted by Gasteiger charge is -2.38. The van der Waals surface area contributed by atoms with Gasteiger partial charge in [0.2, 0.25) is 6.23 Å². The summed E-state index contributed by atoms with van der Waals surface area (Å²) in [6, 6.07) is 25.0. The number of rotatable bonds is 6. The monoisotopic (exact) mass is 476 g/mol. The van der Waals surface area contributed by atoms with Crippen molar-refractivity contribution in [2.75, 3.05) is 6.61 Å². The van der Waals surface area contributed by atoms with Gasteiger partial charge in [0.15, 0.2) is 0 Å². The number of ether oxygens (including phenoxy) is 2. The van der Waals surface area contributed by atoms with E-state index in [1.165, 1.54) is 5.56 Å². The number of unbranched alkanes of at least 4 members (excludes halogenated alkanes) is 1. The van der Waals surface area contributed by atoms with Crippen molar-refractivity contribution < 1.29 is 9.47 Å². The summed E-state index contributed by atoms with van der Waals surface area (Å²) in [4.78, 5) is 0. The van der Waals surface area contributed by atoms with Crippen LogP contribution in [0.15, 0.2) is 82.4 Å². The van der Waals surface area contributed by atoms with Gasteiger partial charge >= 0.3 is 0 Å². The molecule has 0 unspecified atom stereocenters. The second-order valence-electron chi connectivity index (χ2n) is 7.94. The molecule has 0 saturated carbocycles. The molecular formula is C26H25BrN2O2. The Labute approximate surface area is 191 Å². The minimum absolute atomic E-state index is 0.141. The first kappa shape index (κ1) is 20.1. The summed E-state index contributed by atoms with van der Waals surface area (Å²) >= 11 is 3.62. The highest BCUT2D eigenvalue weighted by Gasteiger charge is 2.41. The Morgan fingerprint density at radius 3 is 2.65 bits per heavy atom. The van der Waals surface area contributed by atoms with Crippen molar-refractivity contribution in [1.82, 2.24) is 5.01 Å². The number of benzene rings is 3. The second-order valence-corrected chi connectivity index (χ2v) is 8.85. The molecule has 3 aromatic rings. The molecular weight excluding hydrogens is 452 g/mol. The molecule has 5 heteroatoms. The molecule has 2 aliphatic rings. The van der Waals surface area contributed by atoms with E-state index in [4.69, 9.17) is 14.6 Å². The molecule has 0 radical (unpaired) electrons. The highest BCUT2D eigenvalue weighted by molar-refractivity contribution is 9.10. The Hall–Kier alpha value is -2.79. The van der Waals surface area contributed by atoms with Gasteiger partial charge in [0, 0.05) is 22.0 Å². The zero-order valence-corrected chi connectivity index (χ0v) is 19.1. The quantitative estimate of drug-likeness (QED) is 0.364. The lowest BCUT2D eigenvalue weighted by molar-refractivity contribution is -0.0191. The zero-order valence-electron chi connectivity index (χ0n) is 17.5. The normalized spacial score (nSPS) is 19.3. The fourth-order valence-electron chi connectivity index (χ4n) is 4.15. The summed E-state index contributed by atoms with van der Waals surface area (Å²) < 4.78 is 13.4. The fraction of sp³-hybridized carbons (Fsp3) is 0.269. The molecule has 0 fully saturated rings. The average Bonchev–Trinajstić information content (AvgIpc) is 3.26. The van der Waals surface area contributed by atoms with Crippen LogP contribution in [0.4, 0.5) is 0 Å². The SMILES string of the molecule is CCCCOc1ccc([C@H]2Oc3ccc(Br)cc3[C@H]3CC(c4ccccc4)=NN32)cc1. The van der Waals surface area contributed by atoms with Crippen molar-refractivity contribution >= 4 is 21.6 Å². The number of hydrogen-bond donors (Lipinski definition) is 0. The highest BCUT2D eigenvalue weighted by Crippen LogP contribution is 2.48. The Morgan fingerprint density at radius 1 is 1.06 bits per heavy atom. The smallest absolute Gasteiger partial charge is 0.213 e. The van der Waals surface area contributed by atoms with Crippen LogP contribution in [-0.4, -0.2) is 17.3 Å². The van der Waals surface area contributed by atoms with Crippen molar-refractivity contribution in [2.24, 2.45) is 5.10 Å². The number of halogens is 1. The van der Waals surface area contributed by atoms with Gasteiger partial charge in [0.05, 0.1) is 18.4 Å². The predicted octanol–water partition coefficient (Wildman–Crippen LogP) is 6.87. The van der Waals surface area contributed by atoms with Crippen molar-refractivity contribution in [2.45, 2.75) is 38.5 Å². The molecule has 2 heterocycles. The minimum atomic E-state index is -0.274. The van der Waals surface area contributed by atoms with Gasteiger partial charge in [0.1, 0.15) is 11.5 Å². The lowest BCUT2D eigenvalue weighted by atomic mass is 9.96. The third-order valence-corrected chi connectivity index (χ3v) is 6.28. The Balaban J connectivity index is 1.48. The van der Waals surface area contributed by atoms with Gasteiger partial charge in [-0.05, 0) is 54.4 Å². The van der Waals surface area contributed by atoms with E-state index in [0.29, 0.717) is 0 Å². The van der Waals surface area contributed by atoms with E-state index in [9.17, 15) is 0 Å². The Kier molecular flexibility index (Phi) is 5.68. The van der Waals surface area contributed by atoms with Crippen LogP contribution in [0.25, 0.3) is 0 Å². The molecule has 31 heavy (non-hydrogen) atoms. The van der Waals surface area contributed by atoms with Gasteiger partial charge in [-0.1, -0.05) is 59.6 Å². The third kappa shape index (κ3) is 4.07. The van der Waals surface area contributed by atoms with Crippen molar-refractivity contribution in [3.8, 4) is 11.5 Å². The van der Waals surface area contributed by atoms with Crippen molar-refractivity contribution in [1.29, 1.82) is 0 Å². The van der Waals surface area contributed by atoms with Crippen LogP contribution in [0.1, 0.15) is 55.1 Å². The number of nitrogens with zero attached hydrogens (tertiary/aromatic N) is 2. The van der Waals surface area contributed by atoms with Crippen molar-refractivity contribution in [3.63, 3.8) is 0 Å². The summed E-state index contributed by atoms with van der Waals surface area (Å²) in [6.07, 6.45) is 2.77. The van der Waals surface area contributed by atoms with E-state index in [1.54, 1.807) is 0 Å². The largest absolute Gasteiger partial charge is 0.494 e. The molecule has 2 atom stereocenters. The first-order valence-corrected chi connectivity index (χ1v) is 11.6. The van der Waals surface area contributed by atoms with Crippen LogP contribution in [0.5, 0.6) is 11.5 Å². The maximum Gasteiger partial charge on any atom is 0.213 e. The number of hydrogen-bond acceptors (Lipinski definition) is 4. The molecule has 3 aromatic carbocycles. The summed E-state index contributed by atoms with van der Waals surface area (Å²) in [7, 11) is 0. The van der Waals surface area contributed by atoms with Crippen LogP contribution in [0.2, 0.25) is 0 Å². The van der Waals surface area contributed by atoms with Gasteiger partial charge in [-0.25, -0.2) is 5.01 Å². The van der Waals surface area contributed by atoms with E-state index in [-0.39, 0.29) is 12.3 Å². The maximum atomic E-state index is 6.47. The molecule has 0 N–H and O–H groups in total. The Morgan fingerprint density at radius 2 is 1.87 bits per heavy atom. The highest BCUT2D eigenvalue weighted by atomic mass is 79.9. The van der Waals surface area contributed by atoms with E-state index < -0.39 is 0 Å². The fourth-order valence-corrected chi connectivity index (χ4v) is 4.52. The molecule has 5 rings (SSSR count). The molecule has 0 aromatic heterocycles. The van der Waals surface area contributed by atoms with Gasteiger partial charge in [-0.3, -0.25) is 0 Å². The Bertz CT molecular complexity index is 1080. The number of hydrazone groups is 1. The molecule has 158 valence electrons. The number of fused-ring (bicyclic) bond motifs is 3. The van der Waals surface area contributed by atoms with Crippen molar-refractivity contribution in [3.05, 3.63) is 94.0 Å². The van der Waals surface area contributed by atoms with E-state index >= 15 is 0 Å². The summed E-state index contributed by atoms with van der Waals surface area (Å²) in [6.45, 7) is 2.91. The molecule has 0 bridgehead atoms. The van der Waals surface area contributed by atoms with Gasteiger partial charge in [-0.2, -0.15) is 5.10 Å². The first-order chi connectivity index (χ1) is 15.2. The molecule has 0 amide bonds. The topological polar surface area (TPSA) is 34.1 Å². The lowest BCUT2D eigenvalue weighted by Crippen LogP contribution is -2.33. The minimum Gasteiger partial charge on any atom is -0.494 e. The van der Waals surface area contributed by atoms with Crippen LogP contribution >= 0.6 is 15.9 Å². The average molecular weight is 477 g/mol. The van der Waals surface area contributed by atoms with Crippen LogP contribution in [0, 0.1) is 0 Å². The predicted molar refractivity (Wildman–Crippen MR) is 127 cm³/mol. The maximum absolute atomic E-state index is 6.47.